The van der Waals surface area contributed by atoms with Crippen LogP contribution in [-0.4, -0.2) is 35.9 Å². The van der Waals surface area contributed by atoms with E-state index in [0.29, 0.717) is 0 Å². The van der Waals surface area contributed by atoms with E-state index in [1.165, 1.54) is 11.3 Å². The number of carboxylic acid groups (broad SMARTS) is 1. The summed E-state index contributed by atoms with van der Waals surface area (Å²) < 4.78 is 0. The normalized spacial score (nSPS) is 16.5. The Bertz CT molecular complexity index is 431. The Balaban J connectivity index is 2.19. The molecule has 0 bridgehead atoms. The number of aryl methyl sites for hydroxylation is 1. The van der Waals surface area contributed by atoms with Crippen molar-refractivity contribution in [3.05, 3.63) is 29.3 Å². The van der Waals surface area contributed by atoms with Crippen molar-refractivity contribution in [1.29, 1.82) is 0 Å². The first-order chi connectivity index (χ1) is 8.08. The molecule has 1 aromatic carbocycles. The topological polar surface area (TPSA) is 60.8 Å². The molecule has 1 aliphatic rings. The zero-order valence-electron chi connectivity index (χ0n) is 9.89. The van der Waals surface area contributed by atoms with Crippen LogP contribution in [0.2, 0.25) is 0 Å². The molecule has 0 saturated heterocycles. The molecule has 0 amide bonds. The van der Waals surface area contributed by atoms with Crippen LogP contribution in [0.3, 0.4) is 0 Å². The predicted molar refractivity (Wildman–Crippen MR) is 65.4 cm³/mol. The highest BCUT2D eigenvalue weighted by atomic mass is 16.4. The van der Waals surface area contributed by atoms with Gasteiger partial charge in [0, 0.05) is 25.7 Å². The average molecular weight is 235 g/mol. The molecule has 4 heteroatoms. The molecule has 4 nitrogen and oxygen atoms in total. The molecule has 1 aromatic rings. The van der Waals surface area contributed by atoms with Crippen LogP contribution in [0, 0.1) is 0 Å². The molecule has 0 aromatic heterocycles. The van der Waals surface area contributed by atoms with Crippen LogP contribution in [0.5, 0.6) is 0 Å². The van der Waals surface area contributed by atoms with Gasteiger partial charge in [0.1, 0.15) is 0 Å². The molecule has 1 unspecified atom stereocenters. The van der Waals surface area contributed by atoms with Gasteiger partial charge in [-0.15, -0.1) is 0 Å². The van der Waals surface area contributed by atoms with Crippen molar-refractivity contribution in [2.24, 2.45) is 0 Å². The summed E-state index contributed by atoms with van der Waals surface area (Å²) in [4.78, 5) is 12.8. The van der Waals surface area contributed by atoms with Gasteiger partial charge in [0.15, 0.2) is 6.10 Å². The van der Waals surface area contributed by atoms with E-state index in [9.17, 15) is 9.90 Å². The molecule has 1 atom stereocenters. The van der Waals surface area contributed by atoms with Crippen molar-refractivity contribution in [2.45, 2.75) is 25.4 Å². The second-order valence-electron chi connectivity index (χ2n) is 4.55. The molecule has 0 spiro atoms. The maximum Gasteiger partial charge on any atom is 0.332 e. The Kier molecular flexibility index (Phi) is 3.33. The highest BCUT2D eigenvalue weighted by molar-refractivity contribution is 5.72. The van der Waals surface area contributed by atoms with Gasteiger partial charge in [0.05, 0.1) is 0 Å². The highest BCUT2D eigenvalue weighted by Gasteiger charge is 2.17. The third-order valence-corrected chi connectivity index (χ3v) is 3.21. The van der Waals surface area contributed by atoms with Crippen molar-refractivity contribution in [3.63, 3.8) is 0 Å². The van der Waals surface area contributed by atoms with Crippen molar-refractivity contribution < 1.29 is 15.0 Å². The van der Waals surface area contributed by atoms with Gasteiger partial charge in [-0.05, 0) is 30.0 Å². The molecule has 0 radical (unpaired) electrons. The first-order valence-electron chi connectivity index (χ1n) is 5.82. The fourth-order valence-corrected chi connectivity index (χ4v) is 2.28. The minimum atomic E-state index is -1.31. The maximum absolute atomic E-state index is 10.6. The third-order valence-electron chi connectivity index (χ3n) is 3.21. The number of carbonyl (C=O) groups is 1. The number of hydrogen-bond donors (Lipinski definition) is 2. The van der Waals surface area contributed by atoms with Crippen molar-refractivity contribution in [1.82, 2.24) is 0 Å². The number of anilines is 1. The lowest BCUT2D eigenvalue weighted by atomic mass is 9.97. The van der Waals surface area contributed by atoms with Crippen molar-refractivity contribution in [3.8, 4) is 0 Å². The number of hydrogen-bond acceptors (Lipinski definition) is 3. The Morgan fingerprint density at radius 3 is 3.00 bits per heavy atom. The van der Waals surface area contributed by atoms with Crippen molar-refractivity contribution in [2.75, 3.05) is 18.5 Å². The van der Waals surface area contributed by atoms with Crippen LogP contribution in [0.1, 0.15) is 17.5 Å². The molecule has 2 rings (SSSR count). The van der Waals surface area contributed by atoms with Crippen LogP contribution in [0.25, 0.3) is 0 Å². The smallest absolute Gasteiger partial charge is 0.332 e. The number of fused-ring (bicyclic) bond motifs is 1. The molecule has 2 N–H and O–H groups in total. The minimum absolute atomic E-state index is 0.173. The third kappa shape index (κ3) is 2.58. The summed E-state index contributed by atoms with van der Waals surface area (Å²) >= 11 is 0. The van der Waals surface area contributed by atoms with Gasteiger partial charge in [0.25, 0.3) is 0 Å². The summed E-state index contributed by atoms with van der Waals surface area (Å²) in [5.41, 5.74) is 3.34. The standard InChI is InChI=1S/C13H17NO3/c1-14-6-2-3-10-7-9(4-5-11(10)14)8-12(15)13(16)17/h4-5,7,12,15H,2-3,6,8H2,1H3,(H,16,17). The number of carboxylic acids is 1. The monoisotopic (exact) mass is 235 g/mol. The van der Waals surface area contributed by atoms with Crippen LogP contribution < -0.4 is 4.90 Å². The SMILES string of the molecule is CN1CCCc2cc(CC(O)C(=O)O)ccc21. The highest BCUT2D eigenvalue weighted by Crippen LogP contribution is 2.27. The number of aliphatic hydroxyl groups is 1. The summed E-state index contributed by atoms with van der Waals surface area (Å²) in [5.74, 6) is -1.17. The lowest BCUT2D eigenvalue weighted by Crippen LogP contribution is -2.25. The molecule has 92 valence electrons. The minimum Gasteiger partial charge on any atom is -0.479 e. The quantitative estimate of drug-likeness (QED) is 0.822. The fraction of sp³-hybridized carbons (Fsp3) is 0.462. The largest absolute Gasteiger partial charge is 0.479 e. The van der Waals surface area contributed by atoms with E-state index in [-0.39, 0.29) is 6.42 Å². The predicted octanol–water partition coefficient (Wildman–Crippen LogP) is 1.06. The van der Waals surface area contributed by atoms with Gasteiger partial charge < -0.3 is 15.1 Å². The van der Waals surface area contributed by atoms with Gasteiger partial charge >= 0.3 is 5.97 Å². The maximum atomic E-state index is 10.6. The zero-order valence-corrected chi connectivity index (χ0v) is 9.89. The lowest BCUT2D eigenvalue weighted by Gasteiger charge is -2.28. The number of aliphatic carboxylic acids is 1. The summed E-state index contributed by atoms with van der Waals surface area (Å²) in [7, 11) is 2.06. The summed E-state index contributed by atoms with van der Waals surface area (Å²) in [6, 6.07) is 5.92. The molecule has 1 aliphatic heterocycles. The number of rotatable bonds is 3. The van der Waals surface area contributed by atoms with Gasteiger partial charge in [0.2, 0.25) is 0 Å². The first kappa shape index (κ1) is 11.9. The molecule has 0 saturated carbocycles. The summed E-state index contributed by atoms with van der Waals surface area (Å²) in [6.07, 6.45) is 1.01. The fourth-order valence-electron chi connectivity index (χ4n) is 2.28. The van der Waals surface area contributed by atoms with Gasteiger partial charge in [-0.25, -0.2) is 4.79 Å². The second-order valence-corrected chi connectivity index (χ2v) is 4.55. The summed E-state index contributed by atoms with van der Waals surface area (Å²) in [5, 5.41) is 18.0. The van der Waals surface area contributed by atoms with E-state index in [1.807, 2.05) is 18.2 Å². The Labute approximate surface area is 100 Å². The number of aliphatic hydroxyl groups excluding tert-OH is 1. The Morgan fingerprint density at radius 2 is 2.29 bits per heavy atom. The van der Waals surface area contributed by atoms with E-state index >= 15 is 0 Å². The van der Waals surface area contributed by atoms with Crippen LogP contribution in [-0.2, 0) is 17.6 Å². The lowest BCUT2D eigenvalue weighted by molar-refractivity contribution is -0.146. The van der Waals surface area contributed by atoms with E-state index in [0.717, 1.165) is 24.9 Å². The van der Waals surface area contributed by atoms with Gasteiger partial charge in [-0.3, -0.25) is 0 Å². The van der Waals surface area contributed by atoms with E-state index in [4.69, 9.17) is 5.11 Å². The average Bonchev–Trinajstić information content (AvgIpc) is 2.29. The van der Waals surface area contributed by atoms with E-state index in [1.54, 1.807) is 0 Å². The molecule has 0 aliphatic carbocycles. The van der Waals surface area contributed by atoms with E-state index < -0.39 is 12.1 Å². The summed E-state index contributed by atoms with van der Waals surface area (Å²) in [6.45, 7) is 1.06. The van der Waals surface area contributed by atoms with Crippen LogP contribution in [0.15, 0.2) is 18.2 Å². The van der Waals surface area contributed by atoms with Crippen LogP contribution >= 0.6 is 0 Å². The van der Waals surface area contributed by atoms with Gasteiger partial charge in [-0.2, -0.15) is 0 Å². The molecule has 1 heterocycles. The van der Waals surface area contributed by atoms with Crippen LogP contribution in [0.4, 0.5) is 5.69 Å². The molecular formula is C13H17NO3. The van der Waals surface area contributed by atoms with Gasteiger partial charge in [-0.1, -0.05) is 12.1 Å². The molecular weight excluding hydrogens is 218 g/mol. The zero-order chi connectivity index (χ0) is 12.4. The molecule has 17 heavy (non-hydrogen) atoms. The Morgan fingerprint density at radius 1 is 1.53 bits per heavy atom. The number of nitrogens with zero attached hydrogens (tertiary/aromatic N) is 1. The van der Waals surface area contributed by atoms with Crippen molar-refractivity contribution >= 4 is 11.7 Å². The Hall–Kier alpha value is -1.55. The van der Waals surface area contributed by atoms with E-state index in [2.05, 4.69) is 11.9 Å². The first-order valence-corrected chi connectivity index (χ1v) is 5.82. The number of benzene rings is 1. The molecule has 0 fully saturated rings. The second kappa shape index (κ2) is 4.75.